The van der Waals surface area contributed by atoms with E-state index in [0.717, 1.165) is 5.56 Å². The molecule has 0 saturated carbocycles. The van der Waals surface area contributed by atoms with Crippen LogP contribution in [0.5, 0.6) is 0 Å². The average molecular weight is 278 g/mol. The molecule has 2 aromatic rings. The fourth-order valence-corrected chi connectivity index (χ4v) is 1.81. The van der Waals surface area contributed by atoms with E-state index in [9.17, 15) is 4.79 Å². The molecule has 0 amide bonds. The SMILES string of the molecule is Cc1oc(C=Cc2cccc(Cl)c2)nc1CC(=O)O. The molecule has 0 unspecified atom stereocenters. The number of benzene rings is 1. The van der Waals surface area contributed by atoms with Crippen molar-refractivity contribution in [1.82, 2.24) is 4.98 Å². The van der Waals surface area contributed by atoms with Crippen LogP contribution in [0.1, 0.15) is 22.9 Å². The van der Waals surface area contributed by atoms with Gasteiger partial charge >= 0.3 is 5.97 Å². The Bertz CT molecular complexity index is 631. The summed E-state index contributed by atoms with van der Waals surface area (Å²) in [6.07, 6.45) is 3.35. The Labute approximate surface area is 115 Å². The molecule has 0 spiro atoms. The van der Waals surface area contributed by atoms with E-state index in [0.29, 0.717) is 22.4 Å². The molecule has 5 heteroatoms. The number of hydrogen-bond donors (Lipinski definition) is 1. The Morgan fingerprint density at radius 3 is 2.95 bits per heavy atom. The predicted molar refractivity (Wildman–Crippen MR) is 73.0 cm³/mol. The summed E-state index contributed by atoms with van der Waals surface area (Å²) in [5, 5.41) is 9.37. The number of carboxylic acid groups (broad SMARTS) is 1. The Kier molecular flexibility index (Phi) is 4.02. The number of rotatable bonds is 4. The zero-order chi connectivity index (χ0) is 13.8. The van der Waals surface area contributed by atoms with E-state index in [1.807, 2.05) is 24.3 Å². The van der Waals surface area contributed by atoms with E-state index in [4.69, 9.17) is 21.1 Å². The number of oxazole rings is 1. The summed E-state index contributed by atoms with van der Waals surface area (Å²) in [6, 6.07) is 7.35. The summed E-state index contributed by atoms with van der Waals surface area (Å²) < 4.78 is 5.37. The van der Waals surface area contributed by atoms with E-state index in [-0.39, 0.29) is 6.42 Å². The molecule has 1 N–H and O–H groups in total. The van der Waals surface area contributed by atoms with Crippen molar-refractivity contribution in [2.45, 2.75) is 13.3 Å². The number of aryl methyl sites for hydroxylation is 1. The number of carboxylic acids is 1. The molecule has 0 aliphatic heterocycles. The van der Waals surface area contributed by atoms with Crippen LogP contribution in [0.15, 0.2) is 28.7 Å². The van der Waals surface area contributed by atoms with Crippen LogP contribution < -0.4 is 0 Å². The molecular weight excluding hydrogens is 266 g/mol. The van der Waals surface area contributed by atoms with Gasteiger partial charge in [0, 0.05) is 11.1 Å². The number of aromatic nitrogens is 1. The highest BCUT2D eigenvalue weighted by atomic mass is 35.5. The highest BCUT2D eigenvalue weighted by molar-refractivity contribution is 6.30. The molecule has 0 fully saturated rings. The molecule has 1 aromatic carbocycles. The number of hydrogen-bond acceptors (Lipinski definition) is 3. The van der Waals surface area contributed by atoms with Gasteiger partial charge in [0.1, 0.15) is 5.76 Å². The van der Waals surface area contributed by atoms with E-state index in [2.05, 4.69) is 4.98 Å². The molecule has 0 saturated heterocycles. The molecule has 1 heterocycles. The van der Waals surface area contributed by atoms with Gasteiger partial charge < -0.3 is 9.52 Å². The third-order valence-corrected chi connectivity index (χ3v) is 2.73. The molecule has 98 valence electrons. The van der Waals surface area contributed by atoms with Crippen molar-refractivity contribution < 1.29 is 14.3 Å². The minimum atomic E-state index is -0.929. The second-order valence-corrected chi connectivity index (χ2v) is 4.45. The minimum Gasteiger partial charge on any atom is -0.481 e. The van der Waals surface area contributed by atoms with Crippen LogP contribution in [-0.2, 0) is 11.2 Å². The largest absolute Gasteiger partial charge is 0.481 e. The Balaban J connectivity index is 2.17. The number of halogens is 1. The van der Waals surface area contributed by atoms with Crippen molar-refractivity contribution in [3.05, 3.63) is 52.2 Å². The smallest absolute Gasteiger partial charge is 0.309 e. The number of carbonyl (C=O) groups is 1. The lowest BCUT2D eigenvalue weighted by molar-refractivity contribution is -0.136. The van der Waals surface area contributed by atoms with E-state index in [1.54, 1.807) is 19.1 Å². The summed E-state index contributed by atoms with van der Waals surface area (Å²) in [6.45, 7) is 1.70. The average Bonchev–Trinajstić information content (AvgIpc) is 2.67. The highest BCUT2D eigenvalue weighted by Gasteiger charge is 2.10. The molecule has 0 bridgehead atoms. The van der Waals surface area contributed by atoms with Crippen molar-refractivity contribution in [1.29, 1.82) is 0 Å². The maximum atomic E-state index is 10.6. The molecule has 0 aliphatic carbocycles. The molecule has 2 rings (SSSR count). The minimum absolute atomic E-state index is 0.139. The van der Waals surface area contributed by atoms with Gasteiger partial charge in [-0.15, -0.1) is 0 Å². The Morgan fingerprint density at radius 2 is 2.26 bits per heavy atom. The summed E-state index contributed by atoms with van der Waals surface area (Å²) >= 11 is 5.88. The highest BCUT2D eigenvalue weighted by Crippen LogP contribution is 2.15. The van der Waals surface area contributed by atoms with Gasteiger partial charge in [0.15, 0.2) is 0 Å². The summed E-state index contributed by atoms with van der Waals surface area (Å²) in [7, 11) is 0. The second kappa shape index (κ2) is 5.71. The van der Waals surface area contributed by atoms with Gasteiger partial charge in [-0.2, -0.15) is 0 Å². The first-order valence-electron chi connectivity index (χ1n) is 5.66. The van der Waals surface area contributed by atoms with E-state index >= 15 is 0 Å². The standard InChI is InChI=1S/C14H12ClNO3/c1-9-12(8-14(17)18)16-13(19-9)6-5-10-3-2-4-11(15)7-10/h2-7H,8H2,1H3,(H,17,18). The van der Waals surface area contributed by atoms with Crippen molar-refractivity contribution in [3.63, 3.8) is 0 Å². The van der Waals surface area contributed by atoms with Crippen LogP contribution in [0.3, 0.4) is 0 Å². The van der Waals surface area contributed by atoms with E-state index in [1.165, 1.54) is 0 Å². The number of nitrogens with zero attached hydrogens (tertiary/aromatic N) is 1. The zero-order valence-electron chi connectivity index (χ0n) is 10.3. The monoisotopic (exact) mass is 277 g/mol. The Hall–Kier alpha value is -2.07. The second-order valence-electron chi connectivity index (χ2n) is 4.01. The quantitative estimate of drug-likeness (QED) is 0.930. The molecule has 4 nitrogen and oxygen atoms in total. The maximum Gasteiger partial charge on any atom is 0.309 e. The molecule has 0 aliphatic rings. The fraction of sp³-hybridized carbons (Fsp3) is 0.143. The van der Waals surface area contributed by atoms with Gasteiger partial charge in [-0.1, -0.05) is 23.7 Å². The topological polar surface area (TPSA) is 63.3 Å². The van der Waals surface area contributed by atoms with Crippen molar-refractivity contribution >= 4 is 29.7 Å². The first-order chi connectivity index (χ1) is 9.04. The molecule has 0 atom stereocenters. The van der Waals surface area contributed by atoms with Crippen LogP contribution in [-0.4, -0.2) is 16.1 Å². The summed E-state index contributed by atoms with van der Waals surface area (Å²) in [4.78, 5) is 14.8. The van der Waals surface area contributed by atoms with Gasteiger partial charge in [-0.3, -0.25) is 4.79 Å². The van der Waals surface area contributed by atoms with Gasteiger partial charge in [0.25, 0.3) is 0 Å². The zero-order valence-corrected chi connectivity index (χ0v) is 11.0. The van der Waals surface area contributed by atoms with Gasteiger partial charge in [0.2, 0.25) is 5.89 Å². The van der Waals surface area contributed by atoms with Crippen molar-refractivity contribution in [2.24, 2.45) is 0 Å². The third-order valence-electron chi connectivity index (χ3n) is 2.49. The molecular formula is C14H12ClNO3. The van der Waals surface area contributed by atoms with Crippen LogP contribution >= 0.6 is 11.6 Å². The lowest BCUT2D eigenvalue weighted by atomic mass is 10.2. The first-order valence-corrected chi connectivity index (χ1v) is 6.04. The van der Waals surface area contributed by atoms with Crippen LogP contribution in [0.2, 0.25) is 5.02 Å². The van der Waals surface area contributed by atoms with Crippen molar-refractivity contribution in [2.75, 3.05) is 0 Å². The van der Waals surface area contributed by atoms with E-state index < -0.39 is 5.97 Å². The lowest BCUT2D eigenvalue weighted by Crippen LogP contribution is -2.01. The normalized spacial score (nSPS) is 11.1. The van der Waals surface area contributed by atoms with Crippen molar-refractivity contribution in [3.8, 4) is 0 Å². The molecule has 0 radical (unpaired) electrons. The number of aliphatic carboxylic acids is 1. The van der Waals surface area contributed by atoms with Gasteiger partial charge in [-0.05, 0) is 30.7 Å². The molecule has 1 aromatic heterocycles. The predicted octanol–water partition coefficient (Wildman–Crippen LogP) is 3.43. The lowest BCUT2D eigenvalue weighted by Gasteiger charge is -1.92. The van der Waals surface area contributed by atoms with Gasteiger partial charge in [0.05, 0.1) is 12.1 Å². The first kappa shape index (κ1) is 13.4. The van der Waals surface area contributed by atoms with Crippen LogP contribution in [0, 0.1) is 6.92 Å². The Morgan fingerprint density at radius 1 is 1.47 bits per heavy atom. The summed E-state index contributed by atoms with van der Waals surface area (Å²) in [5.41, 5.74) is 1.36. The third kappa shape index (κ3) is 3.69. The maximum absolute atomic E-state index is 10.6. The molecule has 19 heavy (non-hydrogen) atoms. The van der Waals surface area contributed by atoms with Gasteiger partial charge in [-0.25, -0.2) is 4.98 Å². The van der Waals surface area contributed by atoms with Crippen LogP contribution in [0.25, 0.3) is 12.2 Å². The van der Waals surface area contributed by atoms with Crippen LogP contribution in [0.4, 0.5) is 0 Å². The summed E-state index contributed by atoms with van der Waals surface area (Å²) in [5.74, 6) is -0.0244. The fourth-order valence-electron chi connectivity index (χ4n) is 1.61.